The predicted molar refractivity (Wildman–Crippen MR) is 73.9 cm³/mol. The summed E-state index contributed by atoms with van der Waals surface area (Å²) in [5, 5.41) is 7.52. The van der Waals surface area contributed by atoms with Crippen molar-refractivity contribution in [3.05, 3.63) is 5.89 Å². The molecule has 0 aliphatic carbocycles. The van der Waals surface area contributed by atoms with Gasteiger partial charge in [-0.25, -0.2) is 0 Å². The second kappa shape index (κ2) is 7.36. The summed E-state index contributed by atoms with van der Waals surface area (Å²) in [4.78, 5) is 6.39. The van der Waals surface area contributed by atoms with E-state index in [1.807, 2.05) is 11.9 Å². The van der Waals surface area contributed by atoms with Gasteiger partial charge in [-0.3, -0.25) is 0 Å². The molecule has 0 radical (unpaired) electrons. The second-order valence-corrected chi connectivity index (χ2v) is 5.01. The fourth-order valence-electron chi connectivity index (χ4n) is 1.69. The van der Waals surface area contributed by atoms with Gasteiger partial charge in [-0.1, -0.05) is 20.8 Å². The fourth-order valence-corrected chi connectivity index (χ4v) is 1.69. The molecule has 1 heterocycles. The van der Waals surface area contributed by atoms with E-state index < -0.39 is 0 Å². The molecule has 1 unspecified atom stereocenters. The first-order chi connectivity index (χ1) is 8.58. The topological polar surface area (TPSA) is 54.2 Å². The molecule has 0 fully saturated rings. The van der Waals surface area contributed by atoms with Crippen LogP contribution in [0.1, 0.15) is 40.0 Å². The molecule has 0 amide bonds. The molecule has 0 aliphatic rings. The summed E-state index contributed by atoms with van der Waals surface area (Å²) in [6.45, 7) is 10.6. The van der Waals surface area contributed by atoms with Crippen LogP contribution in [0.15, 0.2) is 4.52 Å². The van der Waals surface area contributed by atoms with Gasteiger partial charge >= 0.3 is 0 Å². The van der Waals surface area contributed by atoms with Crippen molar-refractivity contribution in [2.24, 2.45) is 5.92 Å². The van der Waals surface area contributed by atoms with Crippen LogP contribution in [0.4, 0.5) is 5.95 Å². The highest BCUT2D eigenvalue weighted by atomic mass is 16.5. The Morgan fingerprint density at radius 2 is 2.06 bits per heavy atom. The van der Waals surface area contributed by atoms with Crippen LogP contribution in [-0.4, -0.2) is 36.3 Å². The minimum atomic E-state index is 0.394. The van der Waals surface area contributed by atoms with Crippen molar-refractivity contribution in [1.82, 2.24) is 15.5 Å². The van der Waals surface area contributed by atoms with E-state index in [4.69, 9.17) is 4.52 Å². The van der Waals surface area contributed by atoms with Gasteiger partial charge in [0, 0.05) is 26.1 Å². The molecule has 1 atom stereocenters. The lowest BCUT2D eigenvalue weighted by molar-refractivity contribution is 0.326. The number of nitrogens with zero attached hydrogens (tertiary/aromatic N) is 3. The number of hydrogen-bond acceptors (Lipinski definition) is 5. The highest BCUT2D eigenvalue weighted by molar-refractivity contribution is 5.25. The summed E-state index contributed by atoms with van der Waals surface area (Å²) in [7, 11) is 1.96. The first-order valence-corrected chi connectivity index (χ1v) is 6.85. The zero-order valence-electron chi connectivity index (χ0n) is 12.2. The first kappa shape index (κ1) is 15.0. The molecule has 1 aromatic rings. The molecule has 18 heavy (non-hydrogen) atoms. The molecular formula is C13H26N4O. The third kappa shape index (κ3) is 4.29. The molecule has 104 valence electrons. The number of aromatic nitrogens is 2. The lowest BCUT2D eigenvalue weighted by Crippen LogP contribution is -2.36. The van der Waals surface area contributed by atoms with Crippen LogP contribution in [0.25, 0.3) is 0 Å². The second-order valence-electron chi connectivity index (χ2n) is 5.01. The average molecular weight is 254 g/mol. The van der Waals surface area contributed by atoms with Crippen LogP contribution in [0, 0.1) is 5.92 Å². The molecule has 0 spiro atoms. The lowest BCUT2D eigenvalue weighted by atomic mass is 10.0. The van der Waals surface area contributed by atoms with E-state index in [-0.39, 0.29) is 0 Å². The van der Waals surface area contributed by atoms with Gasteiger partial charge in [-0.2, -0.15) is 4.98 Å². The molecule has 0 saturated carbocycles. The van der Waals surface area contributed by atoms with E-state index in [2.05, 4.69) is 43.2 Å². The van der Waals surface area contributed by atoms with Crippen molar-refractivity contribution in [3.63, 3.8) is 0 Å². The minimum Gasteiger partial charge on any atom is -0.342 e. The summed E-state index contributed by atoms with van der Waals surface area (Å²) in [5.74, 6) is 1.94. The van der Waals surface area contributed by atoms with E-state index in [0.29, 0.717) is 23.8 Å². The van der Waals surface area contributed by atoms with Crippen LogP contribution in [-0.2, 0) is 6.42 Å². The molecule has 0 aromatic carbocycles. The van der Waals surface area contributed by atoms with E-state index in [9.17, 15) is 0 Å². The lowest BCUT2D eigenvalue weighted by Gasteiger charge is -2.20. The number of rotatable bonds is 8. The van der Waals surface area contributed by atoms with Crippen LogP contribution in [0.3, 0.4) is 0 Å². The zero-order valence-corrected chi connectivity index (χ0v) is 12.2. The molecule has 0 saturated heterocycles. The van der Waals surface area contributed by atoms with E-state index >= 15 is 0 Å². The van der Waals surface area contributed by atoms with Gasteiger partial charge in [-0.05, 0) is 31.0 Å². The molecular weight excluding hydrogens is 228 g/mol. The number of hydrogen-bond donors (Lipinski definition) is 1. The molecule has 5 heteroatoms. The van der Waals surface area contributed by atoms with E-state index in [1.54, 1.807) is 0 Å². The summed E-state index contributed by atoms with van der Waals surface area (Å²) < 4.78 is 5.31. The monoisotopic (exact) mass is 254 g/mol. The predicted octanol–water partition coefficient (Wildman–Crippen LogP) is 2.09. The van der Waals surface area contributed by atoms with Gasteiger partial charge in [0.15, 0.2) is 0 Å². The van der Waals surface area contributed by atoms with Crippen molar-refractivity contribution in [3.8, 4) is 0 Å². The Kier molecular flexibility index (Phi) is 6.12. The van der Waals surface area contributed by atoms with Crippen LogP contribution >= 0.6 is 0 Å². The van der Waals surface area contributed by atoms with Crippen molar-refractivity contribution >= 4 is 5.95 Å². The Labute approximate surface area is 110 Å². The Morgan fingerprint density at radius 3 is 2.61 bits per heavy atom. The van der Waals surface area contributed by atoms with Gasteiger partial charge in [0.25, 0.3) is 5.95 Å². The van der Waals surface area contributed by atoms with Crippen molar-refractivity contribution in [2.45, 2.75) is 46.6 Å². The Balaban J connectivity index is 2.60. The van der Waals surface area contributed by atoms with E-state index in [1.165, 1.54) is 0 Å². The highest BCUT2D eigenvalue weighted by Gasteiger charge is 2.18. The summed E-state index contributed by atoms with van der Waals surface area (Å²) in [6.07, 6.45) is 1.93. The zero-order chi connectivity index (χ0) is 13.5. The van der Waals surface area contributed by atoms with Crippen LogP contribution in [0.5, 0.6) is 0 Å². The Morgan fingerprint density at radius 1 is 1.33 bits per heavy atom. The maximum absolute atomic E-state index is 5.31. The SMILES string of the molecule is CCCNC(Cc1nc(N(C)CC)no1)C(C)C. The number of anilines is 1. The van der Waals surface area contributed by atoms with Crippen molar-refractivity contribution in [1.29, 1.82) is 0 Å². The molecule has 0 aliphatic heterocycles. The van der Waals surface area contributed by atoms with Gasteiger partial charge in [0.2, 0.25) is 5.89 Å². The Bertz CT molecular complexity index is 337. The van der Waals surface area contributed by atoms with Crippen molar-refractivity contribution in [2.75, 3.05) is 25.0 Å². The van der Waals surface area contributed by atoms with Gasteiger partial charge < -0.3 is 14.7 Å². The normalized spacial score (nSPS) is 13.0. The molecule has 1 N–H and O–H groups in total. The summed E-state index contributed by atoms with van der Waals surface area (Å²) >= 11 is 0. The summed E-state index contributed by atoms with van der Waals surface area (Å²) in [6, 6.07) is 0.394. The van der Waals surface area contributed by atoms with E-state index in [0.717, 1.165) is 25.9 Å². The van der Waals surface area contributed by atoms with Crippen molar-refractivity contribution < 1.29 is 4.52 Å². The van der Waals surface area contributed by atoms with Gasteiger partial charge in [0.05, 0.1) is 0 Å². The molecule has 1 aromatic heterocycles. The largest absolute Gasteiger partial charge is 0.342 e. The maximum Gasteiger partial charge on any atom is 0.265 e. The molecule has 5 nitrogen and oxygen atoms in total. The highest BCUT2D eigenvalue weighted by Crippen LogP contribution is 2.12. The maximum atomic E-state index is 5.31. The third-order valence-electron chi connectivity index (χ3n) is 3.13. The summed E-state index contributed by atoms with van der Waals surface area (Å²) in [5.41, 5.74) is 0. The van der Waals surface area contributed by atoms with Crippen LogP contribution < -0.4 is 10.2 Å². The quantitative estimate of drug-likeness (QED) is 0.770. The van der Waals surface area contributed by atoms with Gasteiger partial charge in [0.1, 0.15) is 0 Å². The molecule has 1 rings (SSSR count). The smallest absolute Gasteiger partial charge is 0.265 e. The Hall–Kier alpha value is -1.10. The number of nitrogens with one attached hydrogen (secondary N) is 1. The third-order valence-corrected chi connectivity index (χ3v) is 3.13. The fraction of sp³-hybridized carbons (Fsp3) is 0.846. The first-order valence-electron chi connectivity index (χ1n) is 6.85. The average Bonchev–Trinajstić information content (AvgIpc) is 2.81. The van der Waals surface area contributed by atoms with Gasteiger partial charge in [-0.15, -0.1) is 0 Å². The standard InChI is InChI=1S/C13H26N4O/c1-6-8-14-11(10(3)4)9-12-15-13(16-18-12)17(5)7-2/h10-11,14H,6-9H2,1-5H3. The minimum absolute atomic E-state index is 0.394. The molecule has 0 bridgehead atoms. The van der Waals surface area contributed by atoms with Crippen LogP contribution in [0.2, 0.25) is 0 Å².